The molecule has 1 saturated heterocycles. The SMILES string of the molecule is CN=C(NCCCC(=O)Nc1ccc(Cl)cc1)N1CCC(OCCCOC)CC1.I. The van der Waals surface area contributed by atoms with Gasteiger partial charge in [0.25, 0.3) is 0 Å². The first-order valence-electron chi connectivity index (χ1n) is 10.2. The van der Waals surface area contributed by atoms with Crippen LogP contribution in [-0.4, -0.2) is 69.9 Å². The molecule has 7 nitrogen and oxygen atoms in total. The molecule has 1 aliphatic heterocycles. The Hall–Kier alpha value is -1.10. The third kappa shape index (κ3) is 10.3. The van der Waals surface area contributed by atoms with Crippen LogP contribution in [0.25, 0.3) is 0 Å². The molecule has 0 aromatic heterocycles. The highest BCUT2D eigenvalue weighted by atomic mass is 127. The summed E-state index contributed by atoms with van der Waals surface area (Å²) in [6.45, 7) is 4.04. The van der Waals surface area contributed by atoms with Gasteiger partial charge in [0.05, 0.1) is 6.10 Å². The van der Waals surface area contributed by atoms with Crippen molar-refractivity contribution in [3.05, 3.63) is 29.3 Å². The average molecular weight is 553 g/mol. The summed E-state index contributed by atoms with van der Waals surface area (Å²) in [5.74, 6) is 0.886. The highest BCUT2D eigenvalue weighted by molar-refractivity contribution is 14.0. The Morgan fingerprint density at radius 2 is 1.90 bits per heavy atom. The van der Waals surface area contributed by atoms with E-state index in [-0.39, 0.29) is 29.9 Å². The van der Waals surface area contributed by atoms with Gasteiger partial charge in [-0.05, 0) is 49.9 Å². The Kier molecular flexibility index (Phi) is 14.1. The third-order valence-corrected chi connectivity index (χ3v) is 5.04. The second-order valence-electron chi connectivity index (χ2n) is 7.04. The van der Waals surface area contributed by atoms with Gasteiger partial charge in [-0.1, -0.05) is 11.6 Å². The first-order chi connectivity index (χ1) is 14.1. The number of nitrogens with one attached hydrogen (secondary N) is 2. The van der Waals surface area contributed by atoms with Crippen molar-refractivity contribution in [2.45, 2.75) is 38.2 Å². The minimum Gasteiger partial charge on any atom is -0.385 e. The van der Waals surface area contributed by atoms with E-state index in [1.54, 1.807) is 38.4 Å². The van der Waals surface area contributed by atoms with Crippen molar-refractivity contribution in [3.8, 4) is 0 Å². The summed E-state index contributed by atoms with van der Waals surface area (Å²) in [4.78, 5) is 18.7. The van der Waals surface area contributed by atoms with Gasteiger partial charge in [0.1, 0.15) is 0 Å². The van der Waals surface area contributed by atoms with Gasteiger partial charge in [-0.3, -0.25) is 9.79 Å². The van der Waals surface area contributed by atoms with E-state index in [2.05, 4.69) is 20.5 Å². The molecule has 0 radical (unpaired) electrons. The summed E-state index contributed by atoms with van der Waals surface area (Å²) < 4.78 is 11.0. The van der Waals surface area contributed by atoms with Crippen molar-refractivity contribution in [1.29, 1.82) is 0 Å². The molecule has 9 heteroatoms. The largest absolute Gasteiger partial charge is 0.385 e. The summed E-state index contributed by atoms with van der Waals surface area (Å²) in [6.07, 6.45) is 4.43. The molecule has 170 valence electrons. The van der Waals surface area contributed by atoms with Gasteiger partial charge in [-0.25, -0.2) is 0 Å². The molecular formula is C21H34ClIN4O3. The van der Waals surface area contributed by atoms with Gasteiger partial charge >= 0.3 is 0 Å². The highest BCUT2D eigenvalue weighted by Gasteiger charge is 2.21. The number of benzene rings is 1. The maximum absolute atomic E-state index is 12.0. The zero-order valence-electron chi connectivity index (χ0n) is 17.9. The number of halogens is 2. The molecule has 1 aromatic rings. The Labute approximate surface area is 201 Å². The summed E-state index contributed by atoms with van der Waals surface area (Å²) in [5.41, 5.74) is 0.760. The molecule has 0 bridgehead atoms. The molecule has 30 heavy (non-hydrogen) atoms. The molecule has 1 aromatic carbocycles. The van der Waals surface area contributed by atoms with Crippen molar-refractivity contribution in [2.75, 3.05) is 52.3 Å². The predicted octanol–water partition coefficient (Wildman–Crippen LogP) is 3.77. The molecule has 0 spiro atoms. The monoisotopic (exact) mass is 552 g/mol. The fraction of sp³-hybridized carbons (Fsp3) is 0.619. The minimum atomic E-state index is -0.00412. The number of anilines is 1. The van der Waals surface area contributed by atoms with E-state index < -0.39 is 0 Å². The molecule has 0 saturated carbocycles. The number of aliphatic imine (C=N–C) groups is 1. The van der Waals surface area contributed by atoms with Gasteiger partial charge in [-0.15, -0.1) is 24.0 Å². The van der Waals surface area contributed by atoms with Gasteiger partial charge < -0.3 is 25.0 Å². The molecule has 0 atom stereocenters. The number of likely N-dealkylation sites (tertiary alicyclic amines) is 1. The first-order valence-corrected chi connectivity index (χ1v) is 10.6. The summed E-state index contributed by atoms with van der Waals surface area (Å²) in [6, 6.07) is 7.11. The number of methoxy groups -OCH3 is 1. The standard InChI is InChI=1S/C21H33ClN4O3.HI/c1-23-21(26-13-10-19(11-14-26)29-16-4-15-28-2)24-12-3-5-20(27)25-18-8-6-17(22)7-9-18;/h6-9,19H,3-5,10-16H2,1-2H3,(H,23,24)(H,25,27);1H. The Morgan fingerprint density at radius 3 is 2.53 bits per heavy atom. The fourth-order valence-electron chi connectivity index (χ4n) is 3.23. The number of hydrogen-bond acceptors (Lipinski definition) is 4. The molecular weight excluding hydrogens is 519 g/mol. The van der Waals surface area contributed by atoms with Crippen LogP contribution in [0.15, 0.2) is 29.3 Å². The summed E-state index contributed by atoms with van der Waals surface area (Å²) in [5, 5.41) is 6.89. The predicted molar refractivity (Wildman–Crippen MR) is 133 cm³/mol. The van der Waals surface area contributed by atoms with Crippen LogP contribution in [0.5, 0.6) is 0 Å². The number of amides is 1. The number of guanidine groups is 1. The second kappa shape index (κ2) is 15.7. The average Bonchev–Trinajstić information content (AvgIpc) is 2.74. The number of ether oxygens (including phenoxy) is 2. The molecule has 1 aliphatic rings. The van der Waals surface area contributed by atoms with Crippen LogP contribution in [0, 0.1) is 0 Å². The molecule has 2 N–H and O–H groups in total. The van der Waals surface area contributed by atoms with E-state index in [4.69, 9.17) is 21.1 Å². The summed E-state index contributed by atoms with van der Waals surface area (Å²) >= 11 is 5.85. The highest BCUT2D eigenvalue weighted by Crippen LogP contribution is 2.15. The second-order valence-corrected chi connectivity index (χ2v) is 7.47. The lowest BCUT2D eigenvalue weighted by Crippen LogP contribution is -2.47. The normalized spacial score (nSPS) is 14.9. The molecule has 1 amide bonds. The van der Waals surface area contributed by atoms with Crippen LogP contribution in [0.1, 0.15) is 32.1 Å². The van der Waals surface area contributed by atoms with Crippen molar-refractivity contribution in [2.24, 2.45) is 4.99 Å². The van der Waals surface area contributed by atoms with Gasteiger partial charge in [0.2, 0.25) is 5.91 Å². The van der Waals surface area contributed by atoms with Crippen LogP contribution >= 0.6 is 35.6 Å². The fourth-order valence-corrected chi connectivity index (χ4v) is 3.35. The van der Waals surface area contributed by atoms with Crippen molar-refractivity contribution < 1.29 is 14.3 Å². The minimum absolute atomic E-state index is 0. The smallest absolute Gasteiger partial charge is 0.224 e. The molecule has 1 heterocycles. The maximum Gasteiger partial charge on any atom is 0.224 e. The van der Waals surface area contributed by atoms with E-state index in [9.17, 15) is 4.79 Å². The van der Waals surface area contributed by atoms with Crippen LogP contribution in [0.4, 0.5) is 5.69 Å². The van der Waals surface area contributed by atoms with Crippen LogP contribution in [-0.2, 0) is 14.3 Å². The van der Waals surface area contributed by atoms with Crippen molar-refractivity contribution >= 4 is 53.1 Å². The first kappa shape index (κ1) is 26.9. The summed E-state index contributed by atoms with van der Waals surface area (Å²) in [7, 11) is 3.51. The lowest BCUT2D eigenvalue weighted by atomic mass is 10.1. The third-order valence-electron chi connectivity index (χ3n) is 4.79. The number of rotatable bonds is 10. The van der Waals surface area contributed by atoms with E-state index in [1.165, 1.54) is 0 Å². The van der Waals surface area contributed by atoms with Crippen LogP contribution in [0.3, 0.4) is 0 Å². The Morgan fingerprint density at radius 1 is 1.20 bits per heavy atom. The number of hydrogen-bond donors (Lipinski definition) is 2. The zero-order valence-corrected chi connectivity index (χ0v) is 20.9. The van der Waals surface area contributed by atoms with Gasteiger partial charge in [-0.2, -0.15) is 0 Å². The number of carbonyl (C=O) groups is 1. The zero-order chi connectivity index (χ0) is 20.9. The molecule has 1 fully saturated rings. The lowest BCUT2D eigenvalue weighted by molar-refractivity contribution is -0.116. The van der Waals surface area contributed by atoms with E-state index in [1.807, 2.05) is 0 Å². The van der Waals surface area contributed by atoms with Crippen molar-refractivity contribution in [3.63, 3.8) is 0 Å². The van der Waals surface area contributed by atoms with Crippen molar-refractivity contribution in [1.82, 2.24) is 10.2 Å². The van der Waals surface area contributed by atoms with E-state index in [0.717, 1.165) is 63.6 Å². The number of piperidine rings is 1. The van der Waals surface area contributed by atoms with E-state index >= 15 is 0 Å². The quantitative estimate of drug-likeness (QED) is 0.200. The number of carbonyl (C=O) groups excluding carboxylic acids is 1. The lowest BCUT2D eigenvalue weighted by Gasteiger charge is -2.34. The Bertz CT molecular complexity index is 638. The van der Waals surface area contributed by atoms with E-state index in [0.29, 0.717) is 24.1 Å². The van der Waals surface area contributed by atoms with Crippen LogP contribution in [0.2, 0.25) is 5.02 Å². The van der Waals surface area contributed by atoms with Gasteiger partial charge in [0, 0.05) is 64.1 Å². The number of nitrogens with zero attached hydrogens (tertiary/aromatic N) is 2. The van der Waals surface area contributed by atoms with Gasteiger partial charge in [0.15, 0.2) is 5.96 Å². The molecule has 2 rings (SSSR count). The van der Waals surface area contributed by atoms with Crippen LogP contribution < -0.4 is 10.6 Å². The maximum atomic E-state index is 12.0. The Balaban J connectivity index is 0.00000450. The topological polar surface area (TPSA) is 75.2 Å². The molecule has 0 aliphatic carbocycles. The molecule has 0 unspecified atom stereocenters.